The van der Waals surface area contributed by atoms with Gasteiger partial charge < -0.3 is 15.4 Å². The van der Waals surface area contributed by atoms with Gasteiger partial charge in [-0.1, -0.05) is 60.6 Å². The highest BCUT2D eigenvalue weighted by Crippen LogP contribution is 2.37. The minimum Gasteiger partial charge on any atom is -0.489 e. The van der Waals surface area contributed by atoms with E-state index in [9.17, 15) is 4.79 Å². The average Bonchev–Trinajstić information content (AvgIpc) is 3.36. The van der Waals surface area contributed by atoms with Gasteiger partial charge in [0.05, 0.1) is 5.57 Å². The van der Waals surface area contributed by atoms with Gasteiger partial charge in [0.1, 0.15) is 18.4 Å². The van der Waals surface area contributed by atoms with E-state index in [-0.39, 0.29) is 5.91 Å². The molecule has 0 fully saturated rings. The van der Waals surface area contributed by atoms with Crippen LogP contribution in [0.2, 0.25) is 0 Å². The van der Waals surface area contributed by atoms with Crippen molar-refractivity contribution in [1.29, 1.82) is 0 Å². The fourth-order valence-corrected chi connectivity index (χ4v) is 5.90. The highest BCUT2D eigenvalue weighted by Gasteiger charge is 2.34. The van der Waals surface area contributed by atoms with Crippen molar-refractivity contribution in [3.8, 4) is 5.75 Å². The second-order valence-corrected chi connectivity index (χ2v) is 12.1. The second kappa shape index (κ2) is 12.4. The minimum absolute atomic E-state index is 0.175. The number of hydrogen-bond donors (Lipinski definition) is 2. The molecule has 0 spiro atoms. The third-order valence-electron chi connectivity index (χ3n) is 7.69. The number of ether oxygens (including phenoxy) is 1. The largest absolute Gasteiger partial charge is 0.489 e. The molecule has 1 amide bonds. The summed E-state index contributed by atoms with van der Waals surface area (Å²) in [6, 6.07) is 17.9. The van der Waals surface area contributed by atoms with Gasteiger partial charge in [-0.25, -0.2) is 4.68 Å². The maximum Gasteiger partial charge on any atom is 0.255 e. The number of nitrogens with zero attached hydrogens (tertiary/aromatic N) is 3. The molecule has 0 saturated carbocycles. The molecule has 0 saturated heterocycles. The van der Waals surface area contributed by atoms with Crippen molar-refractivity contribution in [3.05, 3.63) is 105 Å². The van der Waals surface area contributed by atoms with Crippen LogP contribution in [0.3, 0.4) is 0 Å². The number of allylic oxidation sites excluding steroid dienone is 1. The Kier molecular flexibility index (Phi) is 8.73. The molecule has 1 aliphatic rings. The second-order valence-electron chi connectivity index (χ2n) is 11.1. The summed E-state index contributed by atoms with van der Waals surface area (Å²) >= 11 is 1.62. The van der Waals surface area contributed by atoms with Gasteiger partial charge in [-0.15, -0.1) is 5.10 Å². The van der Waals surface area contributed by atoms with Crippen LogP contribution in [0.5, 0.6) is 5.75 Å². The lowest BCUT2D eigenvalue weighted by atomic mass is 9.94. The number of aryl methyl sites for hydroxylation is 5. The van der Waals surface area contributed by atoms with Crippen molar-refractivity contribution in [3.63, 3.8) is 0 Å². The summed E-state index contributed by atoms with van der Waals surface area (Å²) < 4.78 is 8.01. The Morgan fingerprint density at radius 3 is 2.40 bits per heavy atom. The van der Waals surface area contributed by atoms with Crippen molar-refractivity contribution in [2.45, 2.75) is 72.7 Å². The molecule has 3 aromatic carbocycles. The smallest absolute Gasteiger partial charge is 0.255 e. The predicted molar refractivity (Wildman–Crippen MR) is 171 cm³/mol. The first-order valence-corrected chi connectivity index (χ1v) is 15.4. The highest BCUT2D eigenvalue weighted by atomic mass is 32.2. The van der Waals surface area contributed by atoms with Crippen LogP contribution in [-0.4, -0.2) is 26.4 Å². The minimum atomic E-state index is -0.452. The molecule has 0 aliphatic carbocycles. The normalized spacial score (nSPS) is 14.4. The highest BCUT2D eigenvalue weighted by molar-refractivity contribution is 7.99. The Bertz CT molecular complexity index is 1660. The number of thioether (sulfide) groups is 1. The van der Waals surface area contributed by atoms with E-state index in [1.807, 2.05) is 61.9 Å². The van der Waals surface area contributed by atoms with Crippen molar-refractivity contribution < 1.29 is 9.53 Å². The van der Waals surface area contributed by atoms with Crippen LogP contribution < -0.4 is 15.4 Å². The molecule has 0 bridgehead atoms. The zero-order valence-electron chi connectivity index (χ0n) is 25.5. The number of fused-ring (bicyclic) bond motifs is 1. The summed E-state index contributed by atoms with van der Waals surface area (Å²) in [4.78, 5) is 18.6. The van der Waals surface area contributed by atoms with Crippen LogP contribution >= 0.6 is 11.8 Å². The molecule has 42 heavy (non-hydrogen) atoms. The van der Waals surface area contributed by atoms with E-state index in [2.05, 4.69) is 56.5 Å². The zero-order chi connectivity index (χ0) is 30.0. The average molecular weight is 582 g/mol. The Morgan fingerprint density at radius 2 is 1.69 bits per heavy atom. The van der Waals surface area contributed by atoms with Crippen molar-refractivity contribution >= 4 is 29.3 Å². The number of carbonyl (C=O) groups is 1. The SMILES string of the molecule is CCCSc1nc2n(n1)C(c1ccc(OCc3cc(C)c(C)cc3C)cc1)C(C(=O)Nc1ccc(C)cc1C)=C(C)N2. The monoisotopic (exact) mass is 581 g/mol. The van der Waals surface area contributed by atoms with Gasteiger partial charge in [0.2, 0.25) is 11.1 Å². The number of hydrogen-bond acceptors (Lipinski definition) is 6. The summed E-state index contributed by atoms with van der Waals surface area (Å²) in [6.07, 6.45) is 1.02. The molecule has 2 heterocycles. The fourth-order valence-electron chi connectivity index (χ4n) is 5.21. The maximum atomic E-state index is 13.9. The molecule has 5 rings (SSSR count). The zero-order valence-corrected chi connectivity index (χ0v) is 26.3. The van der Waals surface area contributed by atoms with Gasteiger partial charge in [-0.05, 0) is 99.5 Å². The van der Waals surface area contributed by atoms with Crippen LogP contribution in [0, 0.1) is 34.6 Å². The van der Waals surface area contributed by atoms with Gasteiger partial charge in [0, 0.05) is 17.1 Å². The quantitative estimate of drug-likeness (QED) is 0.196. The Labute approximate surface area is 252 Å². The molecule has 1 atom stereocenters. The van der Waals surface area contributed by atoms with E-state index >= 15 is 0 Å². The summed E-state index contributed by atoms with van der Waals surface area (Å²) in [6.45, 7) is 15.0. The first-order valence-electron chi connectivity index (χ1n) is 14.4. The van der Waals surface area contributed by atoms with Gasteiger partial charge >= 0.3 is 0 Å². The van der Waals surface area contributed by atoms with Gasteiger partial charge in [0.25, 0.3) is 5.91 Å². The molecule has 8 heteroatoms. The molecular weight excluding hydrogens is 542 g/mol. The van der Waals surface area contributed by atoms with Crippen LogP contribution in [0.1, 0.15) is 65.3 Å². The van der Waals surface area contributed by atoms with Gasteiger partial charge in [0.15, 0.2) is 0 Å². The van der Waals surface area contributed by atoms with Crippen molar-refractivity contribution in [1.82, 2.24) is 14.8 Å². The summed E-state index contributed by atoms with van der Waals surface area (Å²) in [5, 5.41) is 12.0. The van der Waals surface area contributed by atoms with Crippen molar-refractivity contribution in [2.24, 2.45) is 0 Å². The topological polar surface area (TPSA) is 81.1 Å². The molecule has 1 aliphatic heterocycles. The first kappa shape index (κ1) is 29.5. The molecule has 1 aromatic heterocycles. The third-order valence-corrected chi connectivity index (χ3v) is 8.73. The Balaban J connectivity index is 1.45. The van der Waals surface area contributed by atoms with E-state index in [1.165, 1.54) is 22.3 Å². The molecule has 4 aromatic rings. The van der Waals surface area contributed by atoms with E-state index in [0.29, 0.717) is 23.3 Å². The number of nitrogens with one attached hydrogen (secondary N) is 2. The van der Waals surface area contributed by atoms with E-state index in [0.717, 1.165) is 46.0 Å². The molecular formula is C34H39N5O2S. The Hall–Kier alpha value is -4.04. The Morgan fingerprint density at radius 1 is 0.952 bits per heavy atom. The molecule has 1 unspecified atom stereocenters. The molecule has 218 valence electrons. The molecule has 7 nitrogen and oxygen atoms in total. The van der Waals surface area contributed by atoms with E-state index in [4.69, 9.17) is 14.8 Å². The summed E-state index contributed by atoms with van der Waals surface area (Å²) in [5.74, 6) is 2.15. The fraction of sp³-hybridized carbons (Fsp3) is 0.324. The standard InChI is InChI=1S/C34H39N5O2S/c1-8-15-42-34-37-33-35-25(7)30(32(40)36-29-14-9-20(2)16-24(29)6)31(39(33)38-34)26-10-12-28(13-11-26)41-19-27-18-22(4)21(3)17-23(27)5/h9-14,16-18,31H,8,15,19H2,1-7H3,(H,36,40)(H,35,37,38). The van der Waals surface area contributed by atoms with Crippen LogP contribution in [0.15, 0.2) is 71.0 Å². The lowest BCUT2D eigenvalue weighted by molar-refractivity contribution is -0.113. The summed E-state index contributed by atoms with van der Waals surface area (Å²) in [7, 11) is 0. The number of aromatic nitrogens is 3. The lowest BCUT2D eigenvalue weighted by Gasteiger charge is -2.29. The number of carbonyl (C=O) groups excluding carboxylic acids is 1. The summed E-state index contributed by atoms with van der Waals surface area (Å²) in [5.41, 5.74) is 10.2. The number of amides is 1. The van der Waals surface area contributed by atoms with Crippen LogP contribution in [0.25, 0.3) is 0 Å². The maximum absolute atomic E-state index is 13.9. The third kappa shape index (κ3) is 6.23. The predicted octanol–water partition coefficient (Wildman–Crippen LogP) is 7.83. The van der Waals surface area contributed by atoms with Gasteiger partial charge in [-0.2, -0.15) is 4.98 Å². The number of benzene rings is 3. The van der Waals surface area contributed by atoms with Crippen molar-refractivity contribution in [2.75, 3.05) is 16.4 Å². The first-order chi connectivity index (χ1) is 20.1. The number of anilines is 2. The van der Waals surface area contributed by atoms with E-state index in [1.54, 1.807) is 11.8 Å². The van der Waals surface area contributed by atoms with Gasteiger partial charge in [-0.3, -0.25) is 4.79 Å². The lowest BCUT2D eigenvalue weighted by Crippen LogP contribution is -2.31. The van der Waals surface area contributed by atoms with Crippen LogP contribution in [-0.2, 0) is 11.4 Å². The van der Waals surface area contributed by atoms with Crippen LogP contribution in [0.4, 0.5) is 11.6 Å². The molecule has 2 N–H and O–H groups in total. The number of rotatable bonds is 9. The molecule has 0 radical (unpaired) electrons. The van der Waals surface area contributed by atoms with E-state index < -0.39 is 6.04 Å².